The first-order valence-corrected chi connectivity index (χ1v) is 10.0. The zero-order valence-electron chi connectivity index (χ0n) is 18.6. The first kappa shape index (κ1) is 21.8. The van der Waals surface area contributed by atoms with E-state index in [9.17, 15) is 9.59 Å². The van der Waals surface area contributed by atoms with E-state index in [4.69, 9.17) is 13.9 Å². The van der Waals surface area contributed by atoms with Crippen LogP contribution in [0.15, 0.2) is 22.7 Å². The minimum absolute atomic E-state index is 0.230. The molecule has 2 amide bonds. The summed E-state index contributed by atoms with van der Waals surface area (Å²) in [5.74, 6) is 1.68. The average Bonchev–Trinajstić information content (AvgIpc) is 3.34. The van der Waals surface area contributed by atoms with Crippen molar-refractivity contribution in [1.29, 1.82) is 0 Å². The lowest BCUT2D eigenvalue weighted by atomic mass is 10.2. The van der Waals surface area contributed by atoms with Gasteiger partial charge in [-0.1, -0.05) is 0 Å². The quantitative estimate of drug-likeness (QED) is 0.644. The fraction of sp³-hybridized carbons (Fsp3) is 0.545. The zero-order chi connectivity index (χ0) is 22.3. The fourth-order valence-corrected chi connectivity index (χ4v) is 2.80. The number of rotatable bonds is 3. The highest BCUT2D eigenvalue weighted by molar-refractivity contribution is 6.09. The van der Waals surface area contributed by atoms with E-state index in [1.165, 1.54) is 6.20 Å². The van der Waals surface area contributed by atoms with Crippen molar-refractivity contribution in [2.75, 3.05) is 4.90 Å². The minimum atomic E-state index is -0.839. The third-order valence-corrected chi connectivity index (χ3v) is 4.17. The molecule has 1 saturated carbocycles. The van der Waals surface area contributed by atoms with E-state index in [0.29, 0.717) is 17.5 Å². The van der Waals surface area contributed by atoms with Gasteiger partial charge in [-0.3, -0.25) is 0 Å². The second kappa shape index (κ2) is 7.74. The first-order valence-electron chi connectivity index (χ1n) is 10.0. The maximum atomic E-state index is 12.7. The summed E-state index contributed by atoms with van der Waals surface area (Å²) in [6.07, 6.45) is 1.97. The summed E-state index contributed by atoms with van der Waals surface area (Å²) in [7, 11) is 0. The normalized spacial score (nSPS) is 14.4. The van der Waals surface area contributed by atoms with Crippen LogP contribution in [-0.4, -0.2) is 33.4 Å². The lowest BCUT2D eigenvalue weighted by molar-refractivity contribution is 0.0430. The predicted molar refractivity (Wildman–Crippen MR) is 111 cm³/mol. The van der Waals surface area contributed by atoms with E-state index in [-0.39, 0.29) is 5.69 Å². The predicted octanol–water partition coefficient (Wildman–Crippen LogP) is 5.60. The molecule has 162 valence electrons. The molecule has 2 heterocycles. The summed E-state index contributed by atoms with van der Waals surface area (Å²) in [5.41, 5.74) is 0.161. The number of hydrogen-bond donors (Lipinski definition) is 0. The molecule has 0 atom stereocenters. The van der Waals surface area contributed by atoms with Gasteiger partial charge in [-0.15, -0.1) is 0 Å². The number of pyridine rings is 1. The number of oxazole rings is 1. The molecule has 1 aliphatic rings. The number of amides is 2. The molecule has 0 saturated heterocycles. The number of imide groups is 1. The number of ether oxygens (including phenoxy) is 2. The summed E-state index contributed by atoms with van der Waals surface area (Å²) in [6, 6.07) is 3.24. The van der Waals surface area contributed by atoms with Gasteiger partial charge < -0.3 is 13.9 Å². The zero-order valence-corrected chi connectivity index (χ0v) is 18.6. The molecule has 0 N–H and O–H groups in total. The monoisotopic (exact) mass is 415 g/mol. The standard InChI is InChI=1S/C22H29N3O5/c1-13-17(14-8-9-14)24-18(28-13)16-11-10-15(12-23-16)25(19(26)29-21(2,3)4)20(27)30-22(5,6)7/h10-12,14H,8-9H2,1-7H3. The van der Waals surface area contributed by atoms with E-state index in [0.717, 1.165) is 29.2 Å². The molecule has 2 aromatic rings. The molecule has 8 nitrogen and oxygen atoms in total. The summed E-state index contributed by atoms with van der Waals surface area (Å²) in [6.45, 7) is 12.2. The van der Waals surface area contributed by atoms with Crippen LogP contribution in [0.4, 0.5) is 15.3 Å². The minimum Gasteiger partial charge on any atom is -0.443 e. The summed E-state index contributed by atoms with van der Waals surface area (Å²) >= 11 is 0. The highest BCUT2D eigenvalue weighted by Crippen LogP contribution is 2.42. The lowest BCUT2D eigenvalue weighted by Crippen LogP contribution is -2.43. The van der Waals surface area contributed by atoms with Crippen molar-refractivity contribution in [2.24, 2.45) is 0 Å². The van der Waals surface area contributed by atoms with Crippen molar-refractivity contribution >= 4 is 17.9 Å². The van der Waals surface area contributed by atoms with Gasteiger partial charge in [-0.05, 0) is 73.4 Å². The Hall–Kier alpha value is -2.90. The highest BCUT2D eigenvalue weighted by atomic mass is 16.6. The summed E-state index contributed by atoms with van der Waals surface area (Å²) in [5, 5.41) is 0. The third kappa shape index (κ3) is 5.37. The van der Waals surface area contributed by atoms with Crippen LogP contribution in [0.25, 0.3) is 11.6 Å². The second-order valence-corrected chi connectivity index (χ2v) is 9.43. The van der Waals surface area contributed by atoms with E-state index < -0.39 is 23.4 Å². The molecule has 8 heteroatoms. The average molecular weight is 415 g/mol. The van der Waals surface area contributed by atoms with Gasteiger partial charge in [0.2, 0.25) is 5.89 Å². The molecule has 0 spiro atoms. The van der Waals surface area contributed by atoms with Crippen LogP contribution in [0.3, 0.4) is 0 Å². The van der Waals surface area contributed by atoms with E-state index >= 15 is 0 Å². The Morgan fingerprint density at radius 1 is 1.03 bits per heavy atom. The van der Waals surface area contributed by atoms with Crippen LogP contribution >= 0.6 is 0 Å². The lowest BCUT2D eigenvalue weighted by Gasteiger charge is -2.28. The molecule has 0 unspecified atom stereocenters. The molecule has 0 aromatic carbocycles. The fourth-order valence-electron chi connectivity index (χ4n) is 2.80. The molecule has 2 aromatic heterocycles. The van der Waals surface area contributed by atoms with Gasteiger partial charge in [0.25, 0.3) is 0 Å². The second-order valence-electron chi connectivity index (χ2n) is 9.43. The smallest absolute Gasteiger partial charge is 0.424 e. The summed E-state index contributed by atoms with van der Waals surface area (Å²) in [4.78, 5) is 35.2. The van der Waals surface area contributed by atoms with Crippen molar-refractivity contribution in [3.8, 4) is 11.6 Å². The molecule has 0 aliphatic heterocycles. The van der Waals surface area contributed by atoms with Gasteiger partial charge in [0, 0.05) is 5.92 Å². The molecule has 30 heavy (non-hydrogen) atoms. The van der Waals surface area contributed by atoms with Crippen molar-refractivity contribution in [3.63, 3.8) is 0 Å². The number of anilines is 1. The first-order chi connectivity index (χ1) is 13.8. The third-order valence-electron chi connectivity index (χ3n) is 4.17. The van der Waals surface area contributed by atoms with Gasteiger partial charge in [0.1, 0.15) is 22.7 Å². The van der Waals surface area contributed by atoms with Gasteiger partial charge >= 0.3 is 12.2 Å². The van der Waals surface area contributed by atoms with Crippen LogP contribution < -0.4 is 4.90 Å². The summed E-state index contributed by atoms with van der Waals surface area (Å²) < 4.78 is 16.5. The van der Waals surface area contributed by atoms with Crippen molar-refractivity contribution < 1.29 is 23.5 Å². The number of aromatic nitrogens is 2. The maximum absolute atomic E-state index is 12.7. The Balaban J connectivity index is 1.88. The topological polar surface area (TPSA) is 94.8 Å². The molecular weight excluding hydrogens is 386 g/mol. The SMILES string of the molecule is Cc1oc(-c2ccc(N(C(=O)OC(C)(C)C)C(=O)OC(C)(C)C)cn2)nc1C1CC1. The van der Waals surface area contributed by atoms with Crippen LogP contribution in [0.5, 0.6) is 0 Å². The molecular formula is C22H29N3O5. The largest absolute Gasteiger partial charge is 0.443 e. The van der Waals surface area contributed by atoms with Crippen LogP contribution in [0.2, 0.25) is 0 Å². The van der Waals surface area contributed by atoms with Crippen molar-refractivity contribution in [2.45, 2.75) is 78.4 Å². The number of carbonyl (C=O) groups is 2. The van der Waals surface area contributed by atoms with Gasteiger partial charge in [0.15, 0.2) is 0 Å². The molecule has 0 bridgehead atoms. The van der Waals surface area contributed by atoms with Crippen LogP contribution in [-0.2, 0) is 9.47 Å². The van der Waals surface area contributed by atoms with Crippen molar-refractivity contribution in [1.82, 2.24) is 9.97 Å². The molecule has 1 aliphatic carbocycles. The molecule has 0 radical (unpaired) electrons. The molecule has 3 rings (SSSR count). The van der Waals surface area contributed by atoms with Crippen LogP contribution in [0.1, 0.15) is 71.8 Å². The Morgan fingerprint density at radius 2 is 1.60 bits per heavy atom. The Morgan fingerprint density at radius 3 is 2.03 bits per heavy atom. The van der Waals surface area contributed by atoms with Gasteiger partial charge in [-0.25, -0.2) is 19.6 Å². The number of carbonyl (C=O) groups excluding carboxylic acids is 2. The number of hydrogen-bond acceptors (Lipinski definition) is 7. The van der Waals surface area contributed by atoms with Gasteiger partial charge in [0.05, 0.1) is 17.6 Å². The van der Waals surface area contributed by atoms with Crippen molar-refractivity contribution in [3.05, 3.63) is 29.8 Å². The number of nitrogens with zero attached hydrogens (tertiary/aromatic N) is 3. The Kier molecular flexibility index (Phi) is 5.62. The van der Waals surface area contributed by atoms with E-state index in [1.807, 2.05) is 6.92 Å². The number of aryl methyl sites for hydroxylation is 1. The van der Waals surface area contributed by atoms with Crippen LogP contribution in [0, 0.1) is 6.92 Å². The van der Waals surface area contributed by atoms with E-state index in [1.54, 1.807) is 53.7 Å². The Bertz CT molecular complexity index is 903. The van der Waals surface area contributed by atoms with E-state index in [2.05, 4.69) is 9.97 Å². The Labute approximate surface area is 176 Å². The highest BCUT2D eigenvalue weighted by Gasteiger charge is 2.33. The molecule has 1 fully saturated rings. The maximum Gasteiger partial charge on any atom is 0.424 e. The van der Waals surface area contributed by atoms with Gasteiger partial charge in [-0.2, -0.15) is 4.90 Å².